The van der Waals surface area contributed by atoms with E-state index in [9.17, 15) is 8.42 Å². The molecule has 21 heavy (non-hydrogen) atoms. The van der Waals surface area contributed by atoms with E-state index < -0.39 is 10.0 Å². The molecule has 1 aromatic carbocycles. The first kappa shape index (κ1) is 16.4. The van der Waals surface area contributed by atoms with Crippen molar-refractivity contribution in [1.29, 1.82) is 0 Å². The summed E-state index contributed by atoms with van der Waals surface area (Å²) >= 11 is 1.41. The summed E-state index contributed by atoms with van der Waals surface area (Å²) in [6, 6.07) is 6.84. The molecule has 1 aliphatic heterocycles. The maximum Gasteiger partial charge on any atom is 0.284 e. The molecule has 1 aliphatic rings. The van der Waals surface area contributed by atoms with Crippen molar-refractivity contribution in [2.45, 2.75) is 37.5 Å². The number of hydrogen-bond donors (Lipinski definition) is 0. The Balaban J connectivity index is 2.26. The molecule has 0 spiro atoms. The van der Waals surface area contributed by atoms with Crippen LogP contribution in [0.15, 0.2) is 33.6 Å². The van der Waals surface area contributed by atoms with Crippen molar-refractivity contribution < 1.29 is 8.42 Å². The number of thioether (sulfide) groups is 1. The SMILES string of the molecule is CS/C(=N/S(=O)(=O)c1ccc(C)cc1)N1CCCCCC1. The van der Waals surface area contributed by atoms with E-state index in [0.717, 1.165) is 31.5 Å². The average Bonchev–Trinajstić information content (AvgIpc) is 2.74. The number of aryl methyl sites for hydroxylation is 1. The molecule has 2 rings (SSSR count). The van der Waals surface area contributed by atoms with E-state index in [1.807, 2.05) is 13.2 Å². The topological polar surface area (TPSA) is 49.7 Å². The Labute approximate surface area is 131 Å². The molecule has 1 fully saturated rings. The van der Waals surface area contributed by atoms with Crippen molar-refractivity contribution in [3.05, 3.63) is 29.8 Å². The Morgan fingerprint density at radius 3 is 2.19 bits per heavy atom. The van der Waals surface area contributed by atoms with E-state index in [1.54, 1.807) is 24.3 Å². The van der Waals surface area contributed by atoms with Gasteiger partial charge in [-0.1, -0.05) is 42.3 Å². The van der Waals surface area contributed by atoms with Crippen molar-refractivity contribution in [2.24, 2.45) is 4.40 Å². The zero-order valence-corrected chi connectivity index (χ0v) is 14.2. The summed E-state index contributed by atoms with van der Waals surface area (Å²) in [5.41, 5.74) is 1.04. The molecular weight excluding hydrogens is 304 g/mol. The molecule has 1 aromatic rings. The Hall–Kier alpha value is -1.01. The van der Waals surface area contributed by atoms with Gasteiger partial charge in [0.1, 0.15) is 0 Å². The second-order valence-electron chi connectivity index (χ2n) is 5.27. The number of amidine groups is 1. The highest BCUT2D eigenvalue weighted by molar-refractivity contribution is 8.13. The molecule has 6 heteroatoms. The maximum atomic E-state index is 12.4. The minimum Gasteiger partial charge on any atom is -0.351 e. The number of likely N-dealkylation sites (tertiary alicyclic amines) is 1. The number of benzene rings is 1. The zero-order valence-electron chi connectivity index (χ0n) is 12.6. The highest BCUT2D eigenvalue weighted by Gasteiger charge is 2.18. The molecular formula is C15H22N2O2S2. The standard InChI is InChI=1S/C15H22N2O2S2/c1-13-7-9-14(10-8-13)21(18,19)16-15(20-2)17-11-5-3-4-6-12-17/h7-10H,3-6,11-12H2,1-2H3/b16-15+. The fraction of sp³-hybridized carbons (Fsp3) is 0.533. The summed E-state index contributed by atoms with van der Waals surface area (Å²) in [5.74, 6) is 0. The highest BCUT2D eigenvalue weighted by Crippen LogP contribution is 2.19. The van der Waals surface area contributed by atoms with Crippen LogP contribution >= 0.6 is 11.8 Å². The van der Waals surface area contributed by atoms with Crippen molar-refractivity contribution in [3.8, 4) is 0 Å². The van der Waals surface area contributed by atoms with Crippen LogP contribution in [0.3, 0.4) is 0 Å². The number of rotatable bonds is 2. The Morgan fingerprint density at radius 1 is 1.10 bits per heavy atom. The molecule has 0 unspecified atom stereocenters. The lowest BCUT2D eigenvalue weighted by molar-refractivity contribution is 0.444. The molecule has 0 radical (unpaired) electrons. The van der Waals surface area contributed by atoms with E-state index in [-0.39, 0.29) is 4.90 Å². The summed E-state index contributed by atoms with van der Waals surface area (Å²) < 4.78 is 28.9. The molecule has 1 heterocycles. The lowest BCUT2D eigenvalue weighted by Crippen LogP contribution is -2.30. The first-order valence-electron chi connectivity index (χ1n) is 7.23. The van der Waals surface area contributed by atoms with Crippen molar-refractivity contribution in [2.75, 3.05) is 19.3 Å². The third-order valence-corrected chi connectivity index (χ3v) is 5.69. The number of hydrogen-bond acceptors (Lipinski definition) is 3. The van der Waals surface area contributed by atoms with Gasteiger partial charge in [0.15, 0.2) is 5.17 Å². The normalized spacial score (nSPS) is 17.6. The predicted molar refractivity (Wildman–Crippen MR) is 89.4 cm³/mol. The van der Waals surface area contributed by atoms with Gasteiger partial charge < -0.3 is 4.90 Å². The van der Waals surface area contributed by atoms with Crippen LogP contribution in [-0.4, -0.2) is 37.8 Å². The Morgan fingerprint density at radius 2 is 1.67 bits per heavy atom. The first-order chi connectivity index (χ1) is 10.0. The third-order valence-electron chi connectivity index (χ3n) is 3.58. The molecule has 0 saturated carbocycles. The van der Waals surface area contributed by atoms with E-state index >= 15 is 0 Å². The maximum absolute atomic E-state index is 12.4. The van der Waals surface area contributed by atoms with Gasteiger partial charge in [0.2, 0.25) is 0 Å². The van der Waals surface area contributed by atoms with Crippen LogP contribution in [0.1, 0.15) is 31.2 Å². The minimum atomic E-state index is -3.62. The molecule has 0 aliphatic carbocycles. The van der Waals surface area contributed by atoms with Gasteiger partial charge in [0.05, 0.1) is 4.90 Å². The van der Waals surface area contributed by atoms with Gasteiger partial charge in [0.25, 0.3) is 10.0 Å². The smallest absolute Gasteiger partial charge is 0.284 e. The predicted octanol–water partition coefficient (Wildman–Crippen LogP) is 3.28. The van der Waals surface area contributed by atoms with Crippen LogP contribution in [0, 0.1) is 6.92 Å². The van der Waals surface area contributed by atoms with Gasteiger partial charge in [-0.25, -0.2) is 0 Å². The molecule has 1 saturated heterocycles. The monoisotopic (exact) mass is 326 g/mol. The van der Waals surface area contributed by atoms with Crippen LogP contribution in [0.4, 0.5) is 0 Å². The minimum absolute atomic E-state index is 0.259. The van der Waals surface area contributed by atoms with Gasteiger partial charge in [-0.05, 0) is 38.2 Å². The molecule has 4 nitrogen and oxygen atoms in total. The summed E-state index contributed by atoms with van der Waals surface area (Å²) in [7, 11) is -3.62. The summed E-state index contributed by atoms with van der Waals surface area (Å²) in [5, 5.41) is 0.609. The molecule has 0 atom stereocenters. The van der Waals surface area contributed by atoms with E-state index in [2.05, 4.69) is 9.30 Å². The van der Waals surface area contributed by atoms with Gasteiger partial charge in [-0.2, -0.15) is 8.42 Å². The van der Waals surface area contributed by atoms with E-state index in [1.165, 1.54) is 24.6 Å². The molecule has 0 N–H and O–H groups in total. The summed E-state index contributed by atoms with van der Waals surface area (Å²) in [6.07, 6.45) is 6.51. The number of nitrogens with zero attached hydrogens (tertiary/aromatic N) is 2. The number of sulfonamides is 1. The summed E-state index contributed by atoms with van der Waals surface area (Å²) in [6.45, 7) is 3.72. The zero-order chi connectivity index (χ0) is 15.3. The fourth-order valence-electron chi connectivity index (χ4n) is 2.35. The molecule has 0 bridgehead atoms. The van der Waals surface area contributed by atoms with Gasteiger partial charge in [-0.3, -0.25) is 0 Å². The van der Waals surface area contributed by atoms with Crippen LogP contribution in [-0.2, 0) is 10.0 Å². The molecule has 0 aromatic heterocycles. The van der Waals surface area contributed by atoms with Crippen LogP contribution in [0.5, 0.6) is 0 Å². The fourth-order valence-corrected chi connectivity index (χ4v) is 4.29. The molecule has 116 valence electrons. The van der Waals surface area contributed by atoms with Crippen LogP contribution in [0.25, 0.3) is 0 Å². The van der Waals surface area contributed by atoms with Crippen molar-refractivity contribution in [3.63, 3.8) is 0 Å². The first-order valence-corrected chi connectivity index (χ1v) is 9.90. The van der Waals surface area contributed by atoms with Gasteiger partial charge in [-0.15, -0.1) is 4.40 Å². The highest BCUT2D eigenvalue weighted by atomic mass is 32.2. The quantitative estimate of drug-likeness (QED) is 0.618. The lowest BCUT2D eigenvalue weighted by atomic mass is 10.2. The van der Waals surface area contributed by atoms with Crippen LogP contribution < -0.4 is 0 Å². The summed E-state index contributed by atoms with van der Waals surface area (Å²) in [4.78, 5) is 2.36. The van der Waals surface area contributed by atoms with Gasteiger partial charge in [0, 0.05) is 13.1 Å². The Bertz CT molecular complexity index is 587. The lowest BCUT2D eigenvalue weighted by Gasteiger charge is -2.22. The second kappa shape index (κ2) is 7.31. The largest absolute Gasteiger partial charge is 0.351 e. The van der Waals surface area contributed by atoms with Crippen molar-refractivity contribution >= 4 is 27.0 Å². The average molecular weight is 326 g/mol. The van der Waals surface area contributed by atoms with E-state index in [0.29, 0.717) is 5.17 Å². The Kier molecular flexibility index (Phi) is 5.70. The van der Waals surface area contributed by atoms with E-state index in [4.69, 9.17) is 0 Å². The van der Waals surface area contributed by atoms with Gasteiger partial charge >= 0.3 is 0 Å². The molecule has 0 amide bonds. The second-order valence-corrected chi connectivity index (χ2v) is 7.64. The van der Waals surface area contributed by atoms with Crippen LogP contribution in [0.2, 0.25) is 0 Å². The third kappa shape index (κ3) is 4.48. The van der Waals surface area contributed by atoms with Crippen molar-refractivity contribution in [1.82, 2.24) is 4.90 Å².